The van der Waals surface area contributed by atoms with Crippen molar-refractivity contribution >= 4 is 43.1 Å². The van der Waals surface area contributed by atoms with Crippen LogP contribution in [0.3, 0.4) is 0 Å². The van der Waals surface area contributed by atoms with Crippen LogP contribution in [0.2, 0.25) is 5.02 Å². The lowest BCUT2D eigenvalue weighted by molar-refractivity contribution is -0.136. The molecule has 12 nitrogen and oxygen atoms in total. The number of aromatic nitrogens is 2. The van der Waals surface area contributed by atoms with Gasteiger partial charge in [0, 0.05) is 56.5 Å². The van der Waals surface area contributed by atoms with Crippen molar-refractivity contribution in [1.29, 1.82) is 0 Å². The van der Waals surface area contributed by atoms with E-state index in [2.05, 4.69) is 0 Å². The van der Waals surface area contributed by atoms with Gasteiger partial charge in [0.05, 0.1) is 27.7 Å². The normalized spacial score (nSPS) is 16.2. The number of nitrogens with zero attached hydrogens (tertiary/aromatic N) is 4. The van der Waals surface area contributed by atoms with Gasteiger partial charge in [-0.1, -0.05) is 29.8 Å². The first-order valence-electron chi connectivity index (χ1n) is 14.9. The summed E-state index contributed by atoms with van der Waals surface area (Å²) in [7, 11) is -6.96. The van der Waals surface area contributed by atoms with Gasteiger partial charge in [-0.05, 0) is 48.6 Å². The summed E-state index contributed by atoms with van der Waals surface area (Å²) in [6.45, 7) is 0.0594. The first-order valence-corrected chi connectivity index (χ1v) is 19.2. The van der Waals surface area contributed by atoms with Gasteiger partial charge in [0.25, 0.3) is 5.56 Å². The van der Waals surface area contributed by atoms with E-state index in [4.69, 9.17) is 11.6 Å². The van der Waals surface area contributed by atoms with Crippen LogP contribution in [-0.4, -0.2) is 91.5 Å². The van der Waals surface area contributed by atoms with E-state index >= 15 is 0 Å². The SMILES string of the molecule is CS(=O)(=O)CCn1c(=O)c(-c2cccc(F)c2Cl)cn(CC(=O)N2CCC(N3CCc4cc(S(C)(=O)=O)ccc4CC3=O)CC2)c1=O. The average molecular weight is 709 g/mol. The third-order valence-electron chi connectivity index (χ3n) is 8.62. The third kappa shape index (κ3) is 7.68. The molecule has 3 aromatic rings. The summed E-state index contributed by atoms with van der Waals surface area (Å²) < 4.78 is 63.7. The second kappa shape index (κ2) is 13.4. The summed E-state index contributed by atoms with van der Waals surface area (Å²) in [5.41, 5.74) is -0.334. The zero-order chi connectivity index (χ0) is 34.3. The fourth-order valence-electron chi connectivity index (χ4n) is 6.04. The van der Waals surface area contributed by atoms with Gasteiger partial charge in [-0.15, -0.1) is 0 Å². The zero-order valence-electron chi connectivity index (χ0n) is 25.8. The number of fused-ring (bicyclic) bond motifs is 1. The van der Waals surface area contributed by atoms with Crippen molar-refractivity contribution in [1.82, 2.24) is 18.9 Å². The lowest BCUT2D eigenvalue weighted by Crippen LogP contribution is -2.50. The molecular weight excluding hydrogens is 675 g/mol. The second-order valence-electron chi connectivity index (χ2n) is 12.0. The minimum Gasteiger partial charge on any atom is -0.341 e. The molecule has 0 spiro atoms. The summed E-state index contributed by atoms with van der Waals surface area (Å²) in [5.74, 6) is -1.82. The fraction of sp³-hybridized carbons (Fsp3) is 0.419. The molecule has 0 radical (unpaired) electrons. The number of sulfone groups is 2. The molecule has 2 aromatic carbocycles. The van der Waals surface area contributed by atoms with Crippen LogP contribution >= 0.6 is 11.6 Å². The van der Waals surface area contributed by atoms with E-state index in [-0.39, 0.29) is 39.4 Å². The van der Waals surface area contributed by atoms with Crippen LogP contribution in [0, 0.1) is 5.82 Å². The zero-order valence-corrected chi connectivity index (χ0v) is 28.2. The Morgan fingerprint density at radius 3 is 2.32 bits per heavy atom. The van der Waals surface area contributed by atoms with E-state index in [1.807, 2.05) is 0 Å². The van der Waals surface area contributed by atoms with Crippen molar-refractivity contribution in [2.24, 2.45) is 0 Å². The lowest BCUT2D eigenvalue weighted by Gasteiger charge is -2.38. The number of hydrogen-bond acceptors (Lipinski definition) is 8. The molecular formula is C31H34ClFN4O8S2. The number of carbonyl (C=O) groups excluding carboxylic acids is 2. The Balaban J connectivity index is 1.32. The van der Waals surface area contributed by atoms with Crippen molar-refractivity contribution in [2.75, 3.05) is 37.9 Å². The number of carbonyl (C=O) groups is 2. The van der Waals surface area contributed by atoms with E-state index in [0.29, 0.717) is 43.5 Å². The molecule has 0 saturated carbocycles. The number of benzene rings is 2. The molecule has 16 heteroatoms. The van der Waals surface area contributed by atoms with Crippen molar-refractivity contribution in [3.8, 4) is 11.1 Å². The summed E-state index contributed by atoms with van der Waals surface area (Å²) in [5, 5.41) is -0.361. The van der Waals surface area contributed by atoms with Gasteiger partial charge in [0.15, 0.2) is 9.84 Å². The van der Waals surface area contributed by atoms with Crippen molar-refractivity contribution in [2.45, 2.75) is 49.7 Å². The average Bonchev–Trinajstić information content (AvgIpc) is 3.16. The quantitative estimate of drug-likeness (QED) is 0.342. The van der Waals surface area contributed by atoms with E-state index in [9.17, 15) is 40.4 Å². The minimum atomic E-state index is -3.57. The lowest BCUT2D eigenvalue weighted by atomic mass is 10.0. The van der Waals surface area contributed by atoms with Crippen molar-refractivity contribution in [3.05, 3.63) is 85.4 Å². The first-order chi connectivity index (χ1) is 22.0. The number of halogens is 2. The van der Waals surface area contributed by atoms with Gasteiger partial charge in [-0.25, -0.2) is 26.0 Å². The largest absolute Gasteiger partial charge is 0.341 e. The predicted molar refractivity (Wildman–Crippen MR) is 173 cm³/mol. The Bertz CT molecular complexity index is 2090. The highest BCUT2D eigenvalue weighted by Gasteiger charge is 2.32. The Morgan fingerprint density at radius 1 is 0.957 bits per heavy atom. The molecule has 2 aliphatic rings. The minimum absolute atomic E-state index is 0.0106. The molecule has 0 bridgehead atoms. The Labute approximate surface area is 276 Å². The van der Waals surface area contributed by atoms with Crippen LogP contribution < -0.4 is 11.2 Å². The monoisotopic (exact) mass is 708 g/mol. The number of rotatable bonds is 8. The summed E-state index contributed by atoms with van der Waals surface area (Å²) >= 11 is 6.14. The van der Waals surface area contributed by atoms with E-state index in [1.165, 1.54) is 18.2 Å². The summed E-state index contributed by atoms with van der Waals surface area (Å²) in [6, 6.07) is 8.51. The maximum Gasteiger partial charge on any atom is 0.331 e. The molecule has 1 saturated heterocycles. The highest BCUT2D eigenvalue weighted by molar-refractivity contribution is 7.91. The van der Waals surface area contributed by atoms with E-state index in [0.717, 1.165) is 40.5 Å². The molecule has 0 unspecified atom stereocenters. The summed E-state index contributed by atoms with van der Waals surface area (Å²) in [4.78, 5) is 56.8. The van der Waals surface area contributed by atoms with Crippen LogP contribution in [0.5, 0.6) is 0 Å². The van der Waals surface area contributed by atoms with Crippen molar-refractivity contribution in [3.63, 3.8) is 0 Å². The van der Waals surface area contributed by atoms with E-state index < -0.39 is 61.5 Å². The smallest absolute Gasteiger partial charge is 0.331 e. The molecule has 0 aliphatic carbocycles. The fourth-order valence-corrected chi connectivity index (χ4v) is 7.46. The molecule has 3 heterocycles. The van der Waals surface area contributed by atoms with Crippen LogP contribution in [0.25, 0.3) is 11.1 Å². The Kier molecular flexibility index (Phi) is 9.81. The number of likely N-dealkylation sites (tertiary alicyclic amines) is 1. The Morgan fingerprint density at radius 2 is 1.66 bits per heavy atom. The molecule has 1 aromatic heterocycles. The maximum atomic E-state index is 14.3. The van der Waals surface area contributed by atoms with Gasteiger partial charge in [0.2, 0.25) is 11.8 Å². The standard InChI is InChI=1S/C31H34ClFN4O8S2/c1-46(42,43)15-14-37-30(40)25(24-4-3-5-26(33)29(24)32)18-35(31(37)41)19-28(39)34-11-9-22(10-12-34)36-13-8-21-16-23(47(2,44)45)7-6-20(21)17-27(36)38/h3-7,16,18,22H,8-15,17,19H2,1-2H3. The highest BCUT2D eigenvalue weighted by atomic mass is 35.5. The third-order valence-corrected chi connectivity index (χ3v) is 11.0. The number of amides is 2. The number of hydrogen-bond donors (Lipinski definition) is 0. The molecule has 47 heavy (non-hydrogen) atoms. The van der Waals surface area contributed by atoms with Crippen LogP contribution in [0.1, 0.15) is 24.0 Å². The van der Waals surface area contributed by atoms with Crippen molar-refractivity contribution < 1.29 is 30.8 Å². The van der Waals surface area contributed by atoms with Gasteiger partial charge < -0.3 is 9.80 Å². The molecule has 5 rings (SSSR count). The Hall–Kier alpha value is -3.82. The second-order valence-corrected chi connectivity index (χ2v) is 16.6. The van der Waals surface area contributed by atoms with Gasteiger partial charge in [-0.3, -0.25) is 23.5 Å². The number of piperidine rings is 1. The highest BCUT2D eigenvalue weighted by Crippen LogP contribution is 2.28. The molecule has 1 fully saturated rings. The van der Waals surface area contributed by atoms with Crippen LogP contribution in [0.15, 0.2) is 57.1 Å². The molecule has 2 amide bonds. The molecule has 0 atom stereocenters. The maximum absolute atomic E-state index is 14.3. The predicted octanol–water partition coefficient (Wildman–Crippen LogP) is 1.54. The van der Waals surface area contributed by atoms with Gasteiger partial charge >= 0.3 is 5.69 Å². The van der Waals surface area contributed by atoms with E-state index in [1.54, 1.807) is 21.9 Å². The molecule has 0 N–H and O–H groups in total. The topological polar surface area (TPSA) is 153 Å². The molecule has 252 valence electrons. The van der Waals surface area contributed by atoms with Gasteiger partial charge in [0.1, 0.15) is 22.2 Å². The van der Waals surface area contributed by atoms with Gasteiger partial charge in [-0.2, -0.15) is 0 Å². The van der Waals surface area contributed by atoms with Crippen LogP contribution in [0.4, 0.5) is 4.39 Å². The molecule has 2 aliphatic heterocycles. The van der Waals surface area contributed by atoms with Crippen LogP contribution in [-0.2, 0) is 55.2 Å². The summed E-state index contributed by atoms with van der Waals surface area (Å²) in [6.07, 6.45) is 4.85. The first kappa shape index (κ1) is 34.5.